The molecule has 0 aliphatic rings. The zero-order valence-corrected chi connectivity index (χ0v) is 11.7. The van der Waals surface area contributed by atoms with Crippen LogP contribution in [0.3, 0.4) is 0 Å². The molecule has 0 spiro atoms. The Hall–Kier alpha value is -2.08. The quantitative estimate of drug-likeness (QED) is 0.703. The first kappa shape index (κ1) is 14.3. The molecule has 0 aliphatic heterocycles. The average Bonchev–Trinajstić information content (AvgIpc) is 2.74. The van der Waals surface area contributed by atoms with Crippen LogP contribution in [0.2, 0.25) is 0 Å². The van der Waals surface area contributed by atoms with Gasteiger partial charge >= 0.3 is 5.76 Å². The highest BCUT2D eigenvalue weighted by Crippen LogP contribution is 2.16. The molecule has 0 radical (unpaired) electrons. The molecule has 1 heterocycles. The number of hydrogen-bond acceptors (Lipinski definition) is 4. The normalized spacial score (nSPS) is 11.2. The van der Waals surface area contributed by atoms with Crippen molar-refractivity contribution in [3.8, 4) is 0 Å². The van der Waals surface area contributed by atoms with Crippen molar-refractivity contribution in [3.05, 3.63) is 28.7 Å². The van der Waals surface area contributed by atoms with Gasteiger partial charge in [-0.1, -0.05) is 13.8 Å². The molecule has 2 aromatic rings. The van der Waals surface area contributed by atoms with E-state index in [9.17, 15) is 9.59 Å². The van der Waals surface area contributed by atoms with Gasteiger partial charge in [0, 0.05) is 18.2 Å². The number of fused-ring (bicyclic) bond motifs is 1. The lowest BCUT2D eigenvalue weighted by molar-refractivity contribution is -0.116. The minimum atomic E-state index is -0.497. The molecule has 108 valence electrons. The molecule has 0 saturated heterocycles. The summed E-state index contributed by atoms with van der Waals surface area (Å²) in [6.07, 6.45) is 1.24. The second-order valence-corrected chi connectivity index (χ2v) is 4.99. The van der Waals surface area contributed by atoms with Crippen molar-refractivity contribution in [3.63, 3.8) is 0 Å². The number of nitrogens with one attached hydrogen (secondary N) is 3. The fourth-order valence-corrected chi connectivity index (χ4v) is 1.89. The Bertz CT molecular complexity index is 642. The van der Waals surface area contributed by atoms with E-state index in [0.29, 0.717) is 29.2 Å². The Morgan fingerprint density at radius 2 is 2.20 bits per heavy atom. The summed E-state index contributed by atoms with van der Waals surface area (Å²) in [7, 11) is 0. The fourth-order valence-electron chi connectivity index (χ4n) is 1.89. The Morgan fingerprint density at radius 1 is 1.40 bits per heavy atom. The second-order valence-electron chi connectivity index (χ2n) is 4.99. The molecule has 2 rings (SSSR count). The topological polar surface area (TPSA) is 87.1 Å². The van der Waals surface area contributed by atoms with Crippen molar-refractivity contribution in [2.75, 3.05) is 11.9 Å². The number of amides is 1. The van der Waals surface area contributed by atoms with Gasteiger partial charge in [0.05, 0.1) is 5.52 Å². The molecular formula is C14H19N3O3. The molecule has 6 heteroatoms. The van der Waals surface area contributed by atoms with Crippen molar-refractivity contribution in [2.24, 2.45) is 0 Å². The maximum Gasteiger partial charge on any atom is 0.417 e. The molecule has 1 amide bonds. The SMILES string of the molecule is CC(C)NCCCC(=O)Nc1ccc2oc(=O)[nH]c2c1. The zero-order chi connectivity index (χ0) is 14.5. The number of hydrogen-bond donors (Lipinski definition) is 3. The molecule has 0 fully saturated rings. The molecule has 6 nitrogen and oxygen atoms in total. The third kappa shape index (κ3) is 3.96. The van der Waals surface area contributed by atoms with Gasteiger partial charge in [0.2, 0.25) is 5.91 Å². The molecule has 0 unspecified atom stereocenters. The Morgan fingerprint density at radius 3 is 2.95 bits per heavy atom. The summed E-state index contributed by atoms with van der Waals surface area (Å²) in [4.78, 5) is 25.4. The maximum absolute atomic E-state index is 11.8. The van der Waals surface area contributed by atoms with Crippen LogP contribution in [0.5, 0.6) is 0 Å². The third-order valence-electron chi connectivity index (χ3n) is 2.84. The summed E-state index contributed by atoms with van der Waals surface area (Å²) in [5, 5.41) is 6.06. The molecule has 20 heavy (non-hydrogen) atoms. The van der Waals surface area contributed by atoms with E-state index in [1.165, 1.54) is 0 Å². The summed E-state index contributed by atoms with van der Waals surface area (Å²) in [6, 6.07) is 5.48. The van der Waals surface area contributed by atoms with E-state index in [1.807, 2.05) is 0 Å². The summed E-state index contributed by atoms with van der Waals surface area (Å²) in [6.45, 7) is 4.96. The molecule has 1 aromatic heterocycles. The number of carbonyl (C=O) groups is 1. The molecule has 1 aromatic carbocycles. The standard InChI is InChI=1S/C14H19N3O3/c1-9(2)15-7-3-4-13(18)16-10-5-6-12-11(8-10)17-14(19)20-12/h5-6,8-9,15H,3-4,7H2,1-2H3,(H,16,18)(H,17,19). The molecular weight excluding hydrogens is 258 g/mol. The predicted octanol–water partition coefficient (Wildman–Crippen LogP) is 1.84. The summed E-state index contributed by atoms with van der Waals surface area (Å²) >= 11 is 0. The van der Waals surface area contributed by atoms with Gasteiger partial charge < -0.3 is 15.1 Å². The number of aromatic amines is 1. The van der Waals surface area contributed by atoms with Crippen LogP contribution in [0.4, 0.5) is 5.69 Å². The lowest BCUT2D eigenvalue weighted by Crippen LogP contribution is -2.24. The molecule has 3 N–H and O–H groups in total. The fraction of sp³-hybridized carbons (Fsp3) is 0.429. The van der Waals surface area contributed by atoms with E-state index in [-0.39, 0.29) is 5.91 Å². The second kappa shape index (κ2) is 6.38. The molecule has 0 bridgehead atoms. The number of aromatic nitrogens is 1. The van der Waals surface area contributed by atoms with Crippen LogP contribution in [-0.2, 0) is 4.79 Å². The van der Waals surface area contributed by atoms with Gasteiger partial charge in [-0.05, 0) is 31.2 Å². The van der Waals surface area contributed by atoms with E-state index >= 15 is 0 Å². The number of oxazole rings is 1. The Labute approximate surface area is 116 Å². The molecule has 0 atom stereocenters. The van der Waals surface area contributed by atoms with E-state index in [0.717, 1.165) is 13.0 Å². The number of carbonyl (C=O) groups excluding carboxylic acids is 1. The lowest BCUT2D eigenvalue weighted by Gasteiger charge is -2.08. The molecule has 0 saturated carbocycles. The van der Waals surface area contributed by atoms with Gasteiger partial charge in [0.25, 0.3) is 0 Å². The molecule has 0 aliphatic carbocycles. The number of rotatable bonds is 6. The van der Waals surface area contributed by atoms with Gasteiger partial charge in [-0.15, -0.1) is 0 Å². The van der Waals surface area contributed by atoms with Crippen LogP contribution in [-0.4, -0.2) is 23.5 Å². The maximum atomic E-state index is 11.8. The van der Waals surface area contributed by atoms with E-state index < -0.39 is 5.76 Å². The van der Waals surface area contributed by atoms with Gasteiger partial charge in [-0.25, -0.2) is 4.79 Å². The zero-order valence-electron chi connectivity index (χ0n) is 11.7. The van der Waals surface area contributed by atoms with Gasteiger partial charge in [-0.2, -0.15) is 0 Å². The monoisotopic (exact) mass is 277 g/mol. The van der Waals surface area contributed by atoms with Crippen LogP contribution in [0.25, 0.3) is 11.1 Å². The Balaban J connectivity index is 1.87. The van der Waals surface area contributed by atoms with Gasteiger partial charge in [-0.3, -0.25) is 9.78 Å². The van der Waals surface area contributed by atoms with Crippen LogP contribution < -0.4 is 16.4 Å². The summed E-state index contributed by atoms with van der Waals surface area (Å²) in [5.41, 5.74) is 1.71. The van der Waals surface area contributed by atoms with Crippen LogP contribution in [0, 0.1) is 0 Å². The number of H-pyrrole nitrogens is 1. The van der Waals surface area contributed by atoms with Crippen molar-refractivity contribution in [2.45, 2.75) is 32.7 Å². The highest BCUT2D eigenvalue weighted by atomic mass is 16.4. The highest BCUT2D eigenvalue weighted by molar-refractivity contribution is 5.92. The smallest absolute Gasteiger partial charge is 0.408 e. The Kier molecular flexibility index (Phi) is 4.57. The van der Waals surface area contributed by atoms with Crippen LogP contribution in [0.1, 0.15) is 26.7 Å². The predicted molar refractivity (Wildman–Crippen MR) is 77.8 cm³/mol. The summed E-state index contributed by atoms with van der Waals surface area (Å²) in [5.74, 6) is -0.538. The van der Waals surface area contributed by atoms with E-state index in [4.69, 9.17) is 4.42 Å². The van der Waals surface area contributed by atoms with Crippen molar-refractivity contribution >= 4 is 22.7 Å². The first-order valence-corrected chi connectivity index (χ1v) is 6.71. The van der Waals surface area contributed by atoms with Gasteiger partial charge in [0.1, 0.15) is 0 Å². The van der Waals surface area contributed by atoms with Gasteiger partial charge in [0.15, 0.2) is 5.58 Å². The first-order valence-electron chi connectivity index (χ1n) is 6.71. The minimum absolute atomic E-state index is 0.0410. The number of benzene rings is 1. The van der Waals surface area contributed by atoms with Crippen LogP contribution in [0.15, 0.2) is 27.4 Å². The van der Waals surface area contributed by atoms with E-state index in [2.05, 4.69) is 29.5 Å². The average molecular weight is 277 g/mol. The largest absolute Gasteiger partial charge is 0.417 e. The highest BCUT2D eigenvalue weighted by Gasteiger charge is 2.05. The van der Waals surface area contributed by atoms with Crippen LogP contribution >= 0.6 is 0 Å². The third-order valence-corrected chi connectivity index (χ3v) is 2.84. The summed E-state index contributed by atoms with van der Waals surface area (Å²) < 4.78 is 4.90. The first-order chi connectivity index (χ1) is 9.54. The van der Waals surface area contributed by atoms with Crippen molar-refractivity contribution < 1.29 is 9.21 Å². The number of anilines is 1. The van der Waals surface area contributed by atoms with Crippen molar-refractivity contribution in [1.82, 2.24) is 10.3 Å². The lowest BCUT2D eigenvalue weighted by atomic mass is 10.2. The van der Waals surface area contributed by atoms with Crippen molar-refractivity contribution in [1.29, 1.82) is 0 Å². The van der Waals surface area contributed by atoms with E-state index in [1.54, 1.807) is 18.2 Å². The minimum Gasteiger partial charge on any atom is -0.408 e.